The lowest BCUT2D eigenvalue weighted by molar-refractivity contribution is -0.0169. The molecule has 18 heavy (non-hydrogen) atoms. The van der Waals surface area contributed by atoms with Gasteiger partial charge in [-0.25, -0.2) is 4.98 Å². The van der Waals surface area contributed by atoms with E-state index < -0.39 is 0 Å². The summed E-state index contributed by atoms with van der Waals surface area (Å²) in [6.07, 6.45) is 1.74. The van der Waals surface area contributed by atoms with E-state index in [0.29, 0.717) is 19.1 Å². The van der Waals surface area contributed by atoms with Crippen molar-refractivity contribution in [1.29, 1.82) is 0 Å². The Bertz CT molecular complexity index is 361. The topological polar surface area (TPSA) is 43.4 Å². The molecule has 0 fully saturated rings. The Morgan fingerprint density at radius 3 is 2.67 bits per heavy atom. The average molecular weight is 252 g/mol. The van der Waals surface area contributed by atoms with Crippen LogP contribution < -0.4 is 10.1 Å². The summed E-state index contributed by atoms with van der Waals surface area (Å²) in [5.41, 5.74) is 0.935. The molecule has 0 aliphatic heterocycles. The maximum absolute atomic E-state index is 5.68. The molecule has 0 spiro atoms. The average Bonchev–Trinajstić information content (AvgIpc) is 2.33. The SMILES string of the molecule is CNC(C)c1cccnc1OCCOC(C)(C)C. The maximum Gasteiger partial charge on any atom is 0.218 e. The predicted octanol–water partition coefficient (Wildman–Crippen LogP) is 2.56. The third-order valence-corrected chi connectivity index (χ3v) is 2.56. The molecule has 0 saturated carbocycles. The van der Waals surface area contributed by atoms with Crippen LogP contribution in [0.15, 0.2) is 18.3 Å². The molecule has 0 aliphatic carbocycles. The van der Waals surface area contributed by atoms with Crippen molar-refractivity contribution in [2.45, 2.75) is 39.3 Å². The number of ether oxygens (including phenoxy) is 2. The van der Waals surface area contributed by atoms with Crippen molar-refractivity contribution >= 4 is 0 Å². The summed E-state index contributed by atoms with van der Waals surface area (Å²) in [5.74, 6) is 0.678. The summed E-state index contributed by atoms with van der Waals surface area (Å²) < 4.78 is 11.3. The first-order chi connectivity index (χ1) is 8.44. The Hall–Kier alpha value is -1.13. The molecular weight excluding hydrogens is 228 g/mol. The molecule has 1 aromatic rings. The van der Waals surface area contributed by atoms with Gasteiger partial charge in [-0.05, 0) is 40.8 Å². The molecule has 102 valence electrons. The Kier molecular flexibility index (Phi) is 5.56. The van der Waals surface area contributed by atoms with Crippen molar-refractivity contribution in [3.8, 4) is 5.88 Å². The van der Waals surface area contributed by atoms with Gasteiger partial charge in [0.2, 0.25) is 5.88 Å². The van der Waals surface area contributed by atoms with Crippen LogP contribution in [0.4, 0.5) is 0 Å². The van der Waals surface area contributed by atoms with E-state index in [-0.39, 0.29) is 11.6 Å². The first-order valence-electron chi connectivity index (χ1n) is 6.33. The summed E-state index contributed by atoms with van der Waals surface area (Å²) >= 11 is 0. The fourth-order valence-corrected chi connectivity index (χ4v) is 1.50. The van der Waals surface area contributed by atoms with Crippen LogP contribution in [0.5, 0.6) is 5.88 Å². The highest BCUT2D eigenvalue weighted by atomic mass is 16.5. The Morgan fingerprint density at radius 2 is 2.06 bits per heavy atom. The van der Waals surface area contributed by atoms with Crippen LogP contribution in [0.2, 0.25) is 0 Å². The van der Waals surface area contributed by atoms with E-state index in [2.05, 4.69) is 17.2 Å². The molecule has 1 atom stereocenters. The summed E-state index contributed by atoms with van der Waals surface area (Å²) in [7, 11) is 1.92. The molecule has 0 aromatic carbocycles. The standard InChI is InChI=1S/C14H24N2O2/c1-11(15-5)12-7-6-8-16-13(12)17-9-10-18-14(2,3)4/h6-8,11,15H,9-10H2,1-5H3. The molecule has 1 N–H and O–H groups in total. The lowest BCUT2D eigenvalue weighted by Crippen LogP contribution is -2.23. The highest BCUT2D eigenvalue weighted by Crippen LogP contribution is 2.21. The van der Waals surface area contributed by atoms with Crippen molar-refractivity contribution in [2.24, 2.45) is 0 Å². The van der Waals surface area contributed by atoms with E-state index in [9.17, 15) is 0 Å². The lowest BCUT2D eigenvalue weighted by Gasteiger charge is -2.20. The zero-order valence-corrected chi connectivity index (χ0v) is 12.0. The summed E-state index contributed by atoms with van der Waals surface area (Å²) in [5, 5.41) is 3.19. The van der Waals surface area contributed by atoms with E-state index in [0.717, 1.165) is 5.56 Å². The van der Waals surface area contributed by atoms with Gasteiger partial charge < -0.3 is 14.8 Å². The van der Waals surface area contributed by atoms with Gasteiger partial charge in [0.05, 0.1) is 12.2 Å². The molecule has 0 saturated heterocycles. The van der Waals surface area contributed by atoms with E-state index in [1.54, 1.807) is 6.20 Å². The second-order valence-corrected chi connectivity index (χ2v) is 5.22. The van der Waals surface area contributed by atoms with Gasteiger partial charge >= 0.3 is 0 Å². The van der Waals surface area contributed by atoms with Gasteiger partial charge in [-0.15, -0.1) is 0 Å². The molecule has 4 heteroatoms. The Labute approximate surface area is 110 Å². The highest BCUT2D eigenvalue weighted by molar-refractivity contribution is 5.28. The van der Waals surface area contributed by atoms with Crippen LogP contribution in [0, 0.1) is 0 Å². The summed E-state index contributed by atoms with van der Waals surface area (Å²) in [6, 6.07) is 4.16. The van der Waals surface area contributed by atoms with E-state index >= 15 is 0 Å². The molecule has 0 bridgehead atoms. The van der Waals surface area contributed by atoms with Crippen LogP contribution in [-0.4, -0.2) is 30.8 Å². The zero-order valence-electron chi connectivity index (χ0n) is 12.0. The molecule has 0 aliphatic rings. The van der Waals surface area contributed by atoms with Gasteiger partial charge in [0.15, 0.2) is 0 Å². The van der Waals surface area contributed by atoms with Crippen LogP contribution in [0.25, 0.3) is 0 Å². The Morgan fingerprint density at radius 1 is 1.33 bits per heavy atom. The fourth-order valence-electron chi connectivity index (χ4n) is 1.50. The van der Waals surface area contributed by atoms with Crippen molar-refractivity contribution in [3.63, 3.8) is 0 Å². The fraction of sp³-hybridized carbons (Fsp3) is 0.643. The summed E-state index contributed by atoms with van der Waals surface area (Å²) in [4.78, 5) is 4.26. The molecular formula is C14H24N2O2. The Balaban J connectivity index is 2.52. The minimum atomic E-state index is -0.130. The van der Waals surface area contributed by atoms with Crippen LogP contribution >= 0.6 is 0 Å². The lowest BCUT2D eigenvalue weighted by atomic mass is 10.1. The largest absolute Gasteiger partial charge is 0.475 e. The number of nitrogens with one attached hydrogen (secondary N) is 1. The second kappa shape index (κ2) is 6.71. The second-order valence-electron chi connectivity index (χ2n) is 5.22. The van der Waals surface area contributed by atoms with Gasteiger partial charge in [0, 0.05) is 17.8 Å². The van der Waals surface area contributed by atoms with Crippen molar-refractivity contribution in [3.05, 3.63) is 23.9 Å². The third-order valence-electron chi connectivity index (χ3n) is 2.56. The van der Waals surface area contributed by atoms with Crippen molar-refractivity contribution in [1.82, 2.24) is 10.3 Å². The number of hydrogen-bond donors (Lipinski definition) is 1. The maximum atomic E-state index is 5.68. The molecule has 4 nitrogen and oxygen atoms in total. The molecule has 0 amide bonds. The normalized spacial score (nSPS) is 13.4. The molecule has 1 unspecified atom stereocenters. The predicted molar refractivity (Wildman–Crippen MR) is 72.9 cm³/mol. The van der Waals surface area contributed by atoms with Gasteiger partial charge in [0.1, 0.15) is 6.61 Å². The zero-order chi connectivity index (χ0) is 13.6. The first kappa shape index (κ1) is 14.9. The summed E-state index contributed by atoms with van der Waals surface area (Å²) in [6.45, 7) is 9.24. The number of hydrogen-bond acceptors (Lipinski definition) is 4. The van der Waals surface area contributed by atoms with Crippen molar-refractivity contribution < 1.29 is 9.47 Å². The van der Waals surface area contributed by atoms with E-state index in [1.807, 2.05) is 40.0 Å². The number of rotatable bonds is 6. The number of nitrogens with zero attached hydrogens (tertiary/aromatic N) is 1. The molecule has 1 heterocycles. The van der Waals surface area contributed by atoms with E-state index in [4.69, 9.17) is 9.47 Å². The van der Waals surface area contributed by atoms with Crippen LogP contribution in [-0.2, 0) is 4.74 Å². The quantitative estimate of drug-likeness (QED) is 0.790. The molecule has 1 rings (SSSR count). The van der Waals surface area contributed by atoms with Gasteiger partial charge in [-0.2, -0.15) is 0 Å². The van der Waals surface area contributed by atoms with E-state index in [1.165, 1.54) is 0 Å². The van der Waals surface area contributed by atoms with Crippen LogP contribution in [0.1, 0.15) is 39.3 Å². The minimum Gasteiger partial charge on any atom is -0.475 e. The number of pyridine rings is 1. The monoisotopic (exact) mass is 252 g/mol. The van der Waals surface area contributed by atoms with Gasteiger partial charge in [-0.3, -0.25) is 0 Å². The molecule has 0 radical (unpaired) electrons. The molecule has 1 aromatic heterocycles. The highest BCUT2D eigenvalue weighted by Gasteiger charge is 2.12. The number of aromatic nitrogens is 1. The van der Waals surface area contributed by atoms with Crippen molar-refractivity contribution in [2.75, 3.05) is 20.3 Å². The van der Waals surface area contributed by atoms with Gasteiger partial charge in [0.25, 0.3) is 0 Å². The third kappa shape index (κ3) is 5.02. The smallest absolute Gasteiger partial charge is 0.218 e. The minimum absolute atomic E-state index is 0.130. The van der Waals surface area contributed by atoms with Crippen LogP contribution in [0.3, 0.4) is 0 Å². The first-order valence-corrected chi connectivity index (χ1v) is 6.33. The van der Waals surface area contributed by atoms with Gasteiger partial charge in [-0.1, -0.05) is 6.07 Å².